The second-order valence-electron chi connectivity index (χ2n) is 3.11. The van der Waals surface area contributed by atoms with Gasteiger partial charge in [0, 0.05) is 16.7 Å². The Bertz CT molecular complexity index is 114. The Morgan fingerprint density at radius 3 is 1.92 bits per heavy atom. The SMILES string of the molecule is CCCOC(Cl)(CC[SiH3])OCCC. The highest BCUT2D eigenvalue weighted by atomic mass is 35.5. The van der Waals surface area contributed by atoms with Crippen LogP contribution in [-0.2, 0) is 9.47 Å². The summed E-state index contributed by atoms with van der Waals surface area (Å²) in [6.45, 7) is 5.49. The molecule has 0 rings (SSSR count). The van der Waals surface area contributed by atoms with Crippen LogP contribution in [0.4, 0.5) is 0 Å². The summed E-state index contributed by atoms with van der Waals surface area (Å²) in [5.41, 5.74) is 0. The highest BCUT2D eigenvalue weighted by Gasteiger charge is 2.27. The van der Waals surface area contributed by atoms with E-state index in [1.165, 1.54) is 0 Å². The van der Waals surface area contributed by atoms with E-state index in [-0.39, 0.29) is 0 Å². The first-order valence-corrected chi connectivity index (χ1v) is 6.94. The second kappa shape index (κ2) is 7.80. The molecule has 0 bridgehead atoms. The maximum Gasteiger partial charge on any atom is 0.247 e. The zero-order valence-corrected chi connectivity index (χ0v) is 11.7. The zero-order valence-electron chi connectivity index (χ0n) is 8.94. The molecular weight excluding hydrogens is 204 g/mol. The molecule has 0 N–H and O–H groups in total. The van der Waals surface area contributed by atoms with E-state index in [2.05, 4.69) is 13.8 Å². The molecule has 0 aromatic rings. The van der Waals surface area contributed by atoms with Crippen LogP contribution in [0.25, 0.3) is 0 Å². The van der Waals surface area contributed by atoms with Crippen molar-refractivity contribution in [2.45, 2.75) is 44.4 Å². The number of hydrogen-bond acceptors (Lipinski definition) is 2. The standard InChI is InChI=1S/C9H21ClO2Si/c1-3-6-11-9(10,5-8-13)12-7-4-2/h3-8H2,1-2,13H3. The van der Waals surface area contributed by atoms with Gasteiger partial charge < -0.3 is 9.47 Å². The highest BCUT2D eigenvalue weighted by Crippen LogP contribution is 2.25. The molecule has 0 spiro atoms. The van der Waals surface area contributed by atoms with Gasteiger partial charge in [-0.3, -0.25) is 0 Å². The Labute approximate surface area is 89.4 Å². The molecule has 0 heterocycles. The van der Waals surface area contributed by atoms with Crippen molar-refractivity contribution < 1.29 is 9.47 Å². The van der Waals surface area contributed by atoms with Crippen LogP contribution in [0.1, 0.15) is 33.1 Å². The second-order valence-corrected chi connectivity index (χ2v) is 4.68. The summed E-state index contributed by atoms with van der Waals surface area (Å²) in [6.07, 6.45) is 2.76. The van der Waals surface area contributed by atoms with Crippen molar-refractivity contribution in [1.82, 2.24) is 0 Å². The van der Waals surface area contributed by atoms with Crippen LogP contribution < -0.4 is 0 Å². The molecule has 0 aromatic heterocycles. The number of ether oxygens (including phenoxy) is 2. The van der Waals surface area contributed by atoms with Crippen molar-refractivity contribution in [3.8, 4) is 0 Å². The minimum absolute atomic E-state index is 0.675. The predicted molar refractivity (Wildman–Crippen MR) is 60.4 cm³/mol. The summed E-state index contributed by atoms with van der Waals surface area (Å²) in [7, 11) is 1.14. The maximum atomic E-state index is 6.17. The van der Waals surface area contributed by atoms with Crippen LogP contribution in [0.15, 0.2) is 0 Å². The van der Waals surface area contributed by atoms with Gasteiger partial charge in [-0.15, -0.1) is 0 Å². The molecular formula is C9H21ClO2Si. The number of hydrogen-bond donors (Lipinski definition) is 0. The van der Waals surface area contributed by atoms with Gasteiger partial charge in [-0.1, -0.05) is 31.5 Å². The van der Waals surface area contributed by atoms with E-state index in [0.717, 1.165) is 35.5 Å². The minimum atomic E-state index is -0.840. The number of alkyl halides is 1. The Kier molecular flexibility index (Phi) is 8.05. The lowest BCUT2D eigenvalue weighted by atomic mass is 10.4. The van der Waals surface area contributed by atoms with E-state index in [4.69, 9.17) is 21.1 Å². The molecule has 13 heavy (non-hydrogen) atoms. The lowest BCUT2D eigenvalue weighted by Gasteiger charge is -2.26. The number of rotatable bonds is 8. The summed E-state index contributed by atoms with van der Waals surface area (Å²) >= 11 is 6.17. The van der Waals surface area contributed by atoms with Gasteiger partial charge in [0.25, 0.3) is 0 Å². The van der Waals surface area contributed by atoms with Gasteiger partial charge in [0.05, 0.1) is 13.2 Å². The van der Waals surface area contributed by atoms with E-state index >= 15 is 0 Å². The van der Waals surface area contributed by atoms with Crippen molar-refractivity contribution in [1.29, 1.82) is 0 Å². The van der Waals surface area contributed by atoms with Gasteiger partial charge in [-0.2, -0.15) is 0 Å². The third kappa shape index (κ3) is 6.49. The molecule has 0 radical (unpaired) electrons. The van der Waals surface area contributed by atoms with Crippen molar-refractivity contribution in [3.63, 3.8) is 0 Å². The Hall–Kier alpha value is 0.427. The largest absolute Gasteiger partial charge is 0.337 e. The van der Waals surface area contributed by atoms with Crippen molar-refractivity contribution >= 4 is 21.8 Å². The highest BCUT2D eigenvalue weighted by molar-refractivity contribution is 6.22. The molecule has 0 fully saturated rings. The van der Waals surface area contributed by atoms with E-state index in [0.29, 0.717) is 13.2 Å². The van der Waals surface area contributed by atoms with Gasteiger partial charge >= 0.3 is 0 Å². The monoisotopic (exact) mass is 224 g/mol. The molecule has 2 nitrogen and oxygen atoms in total. The van der Waals surface area contributed by atoms with Crippen molar-refractivity contribution in [2.75, 3.05) is 13.2 Å². The quantitative estimate of drug-likeness (QED) is 0.356. The van der Waals surface area contributed by atoms with E-state index < -0.39 is 5.25 Å². The average Bonchev–Trinajstić information content (AvgIpc) is 2.12. The smallest absolute Gasteiger partial charge is 0.247 e. The molecule has 80 valence electrons. The lowest BCUT2D eigenvalue weighted by Crippen LogP contribution is -2.30. The first-order chi connectivity index (χ1) is 6.18. The molecule has 0 unspecified atom stereocenters. The fourth-order valence-corrected chi connectivity index (χ4v) is 2.31. The Morgan fingerprint density at radius 2 is 1.62 bits per heavy atom. The van der Waals surface area contributed by atoms with E-state index in [1.54, 1.807) is 0 Å². The molecule has 0 aromatic carbocycles. The fraction of sp³-hybridized carbons (Fsp3) is 1.00. The fourth-order valence-electron chi connectivity index (χ4n) is 0.994. The third-order valence-corrected chi connectivity index (χ3v) is 2.50. The topological polar surface area (TPSA) is 18.5 Å². The summed E-state index contributed by atoms with van der Waals surface area (Å²) in [6, 6.07) is 1.11. The molecule has 0 aliphatic heterocycles. The van der Waals surface area contributed by atoms with Crippen LogP contribution >= 0.6 is 11.6 Å². The molecule has 0 atom stereocenters. The van der Waals surface area contributed by atoms with Crippen LogP contribution in [0.3, 0.4) is 0 Å². The lowest BCUT2D eigenvalue weighted by molar-refractivity contribution is -0.179. The predicted octanol–water partition coefficient (Wildman–Crippen LogP) is 1.91. The zero-order chi connectivity index (χ0) is 10.2. The van der Waals surface area contributed by atoms with Crippen LogP contribution in [0.5, 0.6) is 0 Å². The molecule has 0 amide bonds. The van der Waals surface area contributed by atoms with Crippen LogP contribution in [-0.4, -0.2) is 28.7 Å². The normalized spacial score (nSPS) is 12.2. The molecule has 0 saturated heterocycles. The molecule has 0 saturated carbocycles. The van der Waals surface area contributed by atoms with Crippen molar-refractivity contribution in [3.05, 3.63) is 0 Å². The van der Waals surface area contributed by atoms with Crippen LogP contribution in [0.2, 0.25) is 6.04 Å². The van der Waals surface area contributed by atoms with E-state index in [9.17, 15) is 0 Å². The minimum Gasteiger partial charge on any atom is -0.337 e. The summed E-state index contributed by atoms with van der Waals surface area (Å²) in [5, 5.41) is -0.840. The first kappa shape index (κ1) is 13.4. The molecule has 4 heteroatoms. The number of halogens is 1. The van der Waals surface area contributed by atoms with Gasteiger partial charge in [0.1, 0.15) is 0 Å². The Balaban J connectivity index is 3.84. The summed E-state index contributed by atoms with van der Waals surface area (Å²) in [4.78, 5) is 0. The first-order valence-electron chi connectivity index (χ1n) is 5.15. The van der Waals surface area contributed by atoms with Gasteiger partial charge in [-0.25, -0.2) is 0 Å². The Morgan fingerprint density at radius 1 is 1.15 bits per heavy atom. The maximum absolute atomic E-state index is 6.17. The third-order valence-electron chi connectivity index (χ3n) is 1.59. The molecule has 0 aliphatic rings. The van der Waals surface area contributed by atoms with Gasteiger partial charge in [-0.05, 0) is 12.8 Å². The van der Waals surface area contributed by atoms with Crippen molar-refractivity contribution in [2.24, 2.45) is 0 Å². The van der Waals surface area contributed by atoms with Crippen LogP contribution in [0, 0.1) is 0 Å². The summed E-state index contributed by atoms with van der Waals surface area (Å²) in [5.74, 6) is 0. The van der Waals surface area contributed by atoms with E-state index in [1.807, 2.05) is 0 Å². The molecule has 0 aliphatic carbocycles. The van der Waals surface area contributed by atoms with Gasteiger partial charge in [0.2, 0.25) is 5.25 Å². The van der Waals surface area contributed by atoms with Gasteiger partial charge in [0.15, 0.2) is 0 Å². The average molecular weight is 225 g/mol. The summed E-state index contributed by atoms with van der Waals surface area (Å²) < 4.78 is 11.0.